The van der Waals surface area contributed by atoms with Crippen LogP contribution in [0, 0.1) is 5.92 Å². The highest BCUT2D eigenvalue weighted by Gasteiger charge is 1.97. The van der Waals surface area contributed by atoms with E-state index in [0.717, 1.165) is 24.3 Å². The lowest BCUT2D eigenvalue weighted by atomic mass is 10.0. The minimum Gasteiger partial charge on any atom is -0.392 e. The summed E-state index contributed by atoms with van der Waals surface area (Å²) < 4.78 is 0. The van der Waals surface area contributed by atoms with Crippen LogP contribution < -0.4 is 0 Å². The Morgan fingerprint density at radius 1 is 1.64 bits per heavy atom. The number of rotatable bonds is 5. The predicted molar refractivity (Wildman–Crippen MR) is 50.0 cm³/mol. The van der Waals surface area contributed by atoms with Crippen LogP contribution in [0.3, 0.4) is 0 Å². The van der Waals surface area contributed by atoms with E-state index in [1.807, 2.05) is 6.92 Å². The van der Waals surface area contributed by atoms with E-state index in [0.29, 0.717) is 5.92 Å². The lowest BCUT2D eigenvalue weighted by Gasteiger charge is -2.05. The average Bonchev–Trinajstić information content (AvgIpc) is 2.00. The molecule has 0 aliphatic heterocycles. The molecule has 0 aromatic carbocycles. The second kappa shape index (κ2) is 6.68. The third kappa shape index (κ3) is 6.39. The van der Waals surface area contributed by atoms with Gasteiger partial charge in [0.05, 0.1) is 6.61 Å². The molecule has 1 atom stereocenters. The Hall–Kier alpha value is -0.0100. The minimum atomic E-state index is 0.172. The van der Waals surface area contributed by atoms with Gasteiger partial charge >= 0.3 is 0 Å². The van der Waals surface area contributed by atoms with Crippen LogP contribution in [-0.2, 0) is 0 Å². The average molecular weight is 177 g/mol. The van der Waals surface area contributed by atoms with Crippen LogP contribution >= 0.6 is 11.6 Å². The summed E-state index contributed by atoms with van der Waals surface area (Å²) in [7, 11) is 0. The van der Waals surface area contributed by atoms with Gasteiger partial charge in [-0.3, -0.25) is 0 Å². The molecular formula is C9H17ClO. The molecule has 0 heterocycles. The molecule has 2 heteroatoms. The minimum absolute atomic E-state index is 0.172. The van der Waals surface area contributed by atoms with Gasteiger partial charge in [-0.05, 0) is 25.7 Å². The number of alkyl halides is 1. The Labute approximate surface area is 74.1 Å². The van der Waals surface area contributed by atoms with Gasteiger partial charge in [-0.2, -0.15) is 0 Å². The fourth-order valence-corrected chi connectivity index (χ4v) is 1.18. The number of allylic oxidation sites excluding steroid dienone is 1. The van der Waals surface area contributed by atoms with Crippen molar-refractivity contribution in [3.05, 3.63) is 11.6 Å². The fraction of sp³-hybridized carbons (Fsp3) is 0.778. The molecule has 0 spiro atoms. The highest BCUT2D eigenvalue weighted by molar-refractivity contribution is 6.17. The van der Waals surface area contributed by atoms with Gasteiger partial charge in [0.2, 0.25) is 0 Å². The maximum absolute atomic E-state index is 8.71. The monoisotopic (exact) mass is 176 g/mol. The van der Waals surface area contributed by atoms with Crippen molar-refractivity contribution in [1.29, 1.82) is 0 Å². The van der Waals surface area contributed by atoms with Crippen molar-refractivity contribution >= 4 is 11.6 Å². The molecule has 0 aromatic heterocycles. The van der Waals surface area contributed by atoms with Crippen molar-refractivity contribution in [1.82, 2.24) is 0 Å². The van der Waals surface area contributed by atoms with E-state index in [4.69, 9.17) is 16.7 Å². The number of hydrogen-bond donors (Lipinski definition) is 1. The smallest absolute Gasteiger partial charge is 0.0639 e. The van der Waals surface area contributed by atoms with Gasteiger partial charge in [-0.25, -0.2) is 0 Å². The Morgan fingerprint density at radius 2 is 2.27 bits per heavy atom. The molecule has 0 saturated heterocycles. The molecule has 0 aliphatic carbocycles. The van der Waals surface area contributed by atoms with E-state index in [1.54, 1.807) is 0 Å². The predicted octanol–water partition coefficient (Wildman–Crippen LogP) is 2.58. The molecule has 0 rings (SSSR count). The first-order chi connectivity index (χ1) is 5.20. The van der Waals surface area contributed by atoms with Crippen LogP contribution in [0.2, 0.25) is 0 Å². The SMILES string of the molecule is CC(=CC(C)CCCCl)CO. The third-order valence-corrected chi connectivity index (χ3v) is 1.88. The van der Waals surface area contributed by atoms with Crippen molar-refractivity contribution in [3.63, 3.8) is 0 Å². The molecule has 1 nitrogen and oxygen atoms in total. The quantitative estimate of drug-likeness (QED) is 0.505. The Morgan fingerprint density at radius 3 is 2.73 bits per heavy atom. The summed E-state index contributed by atoms with van der Waals surface area (Å²) in [5.41, 5.74) is 1.05. The number of hydrogen-bond acceptors (Lipinski definition) is 1. The molecule has 11 heavy (non-hydrogen) atoms. The molecule has 0 amide bonds. The van der Waals surface area contributed by atoms with Gasteiger partial charge in [0.1, 0.15) is 0 Å². The molecular weight excluding hydrogens is 160 g/mol. The van der Waals surface area contributed by atoms with Crippen molar-refractivity contribution < 1.29 is 5.11 Å². The number of aliphatic hydroxyl groups excluding tert-OH is 1. The van der Waals surface area contributed by atoms with Crippen molar-refractivity contribution in [3.8, 4) is 0 Å². The fourth-order valence-electron chi connectivity index (χ4n) is 1.02. The summed E-state index contributed by atoms with van der Waals surface area (Å²) in [5, 5.41) is 8.71. The molecule has 0 saturated carbocycles. The molecule has 0 aromatic rings. The number of aliphatic hydroxyl groups is 1. The summed E-state index contributed by atoms with van der Waals surface area (Å²) in [6, 6.07) is 0. The van der Waals surface area contributed by atoms with Gasteiger partial charge in [-0.15, -0.1) is 11.6 Å². The van der Waals surface area contributed by atoms with E-state index in [2.05, 4.69) is 13.0 Å². The van der Waals surface area contributed by atoms with Gasteiger partial charge in [0.25, 0.3) is 0 Å². The Balaban J connectivity index is 3.57. The van der Waals surface area contributed by atoms with E-state index in [9.17, 15) is 0 Å². The molecule has 1 N–H and O–H groups in total. The topological polar surface area (TPSA) is 20.2 Å². The zero-order valence-electron chi connectivity index (χ0n) is 7.31. The molecule has 66 valence electrons. The maximum Gasteiger partial charge on any atom is 0.0639 e. The van der Waals surface area contributed by atoms with Crippen molar-refractivity contribution in [2.45, 2.75) is 26.7 Å². The van der Waals surface area contributed by atoms with Crippen LogP contribution in [0.4, 0.5) is 0 Å². The standard InChI is InChI=1S/C9H17ClO/c1-8(4-3-5-10)6-9(2)7-11/h6,8,11H,3-5,7H2,1-2H3. The largest absolute Gasteiger partial charge is 0.392 e. The Kier molecular flexibility index (Phi) is 6.68. The van der Waals surface area contributed by atoms with E-state index < -0.39 is 0 Å². The zero-order valence-corrected chi connectivity index (χ0v) is 8.06. The van der Waals surface area contributed by atoms with Gasteiger partial charge < -0.3 is 5.11 Å². The molecule has 0 radical (unpaired) electrons. The second-order valence-electron chi connectivity index (χ2n) is 2.98. The van der Waals surface area contributed by atoms with Crippen LogP contribution in [0.15, 0.2) is 11.6 Å². The molecule has 0 fully saturated rings. The molecule has 0 bridgehead atoms. The summed E-state index contributed by atoms with van der Waals surface area (Å²) >= 11 is 5.55. The molecule has 1 unspecified atom stereocenters. The lowest BCUT2D eigenvalue weighted by Crippen LogP contribution is -1.94. The third-order valence-electron chi connectivity index (χ3n) is 1.61. The van der Waals surface area contributed by atoms with Crippen molar-refractivity contribution in [2.24, 2.45) is 5.92 Å². The van der Waals surface area contributed by atoms with E-state index in [1.165, 1.54) is 0 Å². The first kappa shape index (κ1) is 11.0. The van der Waals surface area contributed by atoms with Crippen molar-refractivity contribution in [2.75, 3.05) is 12.5 Å². The van der Waals surface area contributed by atoms with Gasteiger partial charge in [0, 0.05) is 5.88 Å². The molecule has 0 aliphatic rings. The van der Waals surface area contributed by atoms with Gasteiger partial charge in [0.15, 0.2) is 0 Å². The maximum atomic E-state index is 8.71. The second-order valence-corrected chi connectivity index (χ2v) is 3.36. The van der Waals surface area contributed by atoms with Crippen LogP contribution in [-0.4, -0.2) is 17.6 Å². The first-order valence-corrected chi connectivity index (χ1v) is 4.58. The summed E-state index contributed by atoms with van der Waals surface area (Å²) in [5.74, 6) is 1.27. The number of halogens is 1. The highest BCUT2D eigenvalue weighted by Crippen LogP contribution is 2.10. The first-order valence-electron chi connectivity index (χ1n) is 4.04. The van der Waals surface area contributed by atoms with E-state index >= 15 is 0 Å². The van der Waals surface area contributed by atoms with Crippen LogP contribution in [0.25, 0.3) is 0 Å². The zero-order chi connectivity index (χ0) is 8.69. The normalized spacial score (nSPS) is 15.1. The summed E-state index contributed by atoms with van der Waals surface area (Å²) in [4.78, 5) is 0. The van der Waals surface area contributed by atoms with Crippen LogP contribution in [0.5, 0.6) is 0 Å². The van der Waals surface area contributed by atoms with Crippen LogP contribution in [0.1, 0.15) is 26.7 Å². The van der Waals surface area contributed by atoms with Gasteiger partial charge in [-0.1, -0.05) is 18.6 Å². The lowest BCUT2D eigenvalue weighted by molar-refractivity contribution is 0.330. The summed E-state index contributed by atoms with van der Waals surface area (Å²) in [6.07, 6.45) is 4.27. The summed E-state index contributed by atoms with van der Waals surface area (Å²) in [6.45, 7) is 4.26. The van der Waals surface area contributed by atoms with E-state index in [-0.39, 0.29) is 6.61 Å². The Bertz CT molecular complexity index is 121. The highest BCUT2D eigenvalue weighted by atomic mass is 35.5.